The van der Waals surface area contributed by atoms with E-state index in [0.717, 1.165) is 42.5 Å². The van der Waals surface area contributed by atoms with Gasteiger partial charge in [-0.05, 0) is 79.7 Å². The second kappa shape index (κ2) is 6.06. The first-order valence-electron chi connectivity index (χ1n) is 11.7. The number of aromatic nitrogens is 2. The monoisotopic (exact) mass is 388 g/mol. The number of hydrogen-bond donors (Lipinski definition) is 0. The molecule has 1 aromatic carbocycles. The highest BCUT2D eigenvalue weighted by Crippen LogP contribution is 2.66. The number of rotatable bonds is 1. The van der Waals surface area contributed by atoms with Crippen LogP contribution in [0.3, 0.4) is 0 Å². The summed E-state index contributed by atoms with van der Waals surface area (Å²) in [7, 11) is 0. The molecule has 3 fully saturated rings. The van der Waals surface area contributed by atoms with Gasteiger partial charge in [0.05, 0.1) is 11.0 Å². The standard InChI is InChI=1S/C26H32N2O/c1-25-13-11-18(29)15-17(25)7-8-19-20-9-10-24(26(20,2)14-12-21(19)25)28-16-27-22-5-3-4-6-23(22)28/h3-6,10,16-17,19-21H,7-9,11-15H2,1-2H3/t17-,19?,20?,21?,25+,26+/m1/s1. The van der Waals surface area contributed by atoms with Crippen molar-refractivity contribution in [1.29, 1.82) is 0 Å². The van der Waals surface area contributed by atoms with E-state index < -0.39 is 0 Å². The Morgan fingerprint density at radius 1 is 1.07 bits per heavy atom. The summed E-state index contributed by atoms with van der Waals surface area (Å²) in [5.41, 5.74) is 4.46. The van der Waals surface area contributed by atoms with Crippen molar-refractivity contribution in [3.8, 4) is 0 Å². The lowest BCUT2D eigenvalue weighted by atomic mass is 9.45. The molecule has 4 aliphatic carbocycles. The summed E-state index contributed by atoms with van der Waals surface area (Å²) in [6.45, 7) is 5.07. The van der Waals surface area contributed by atoms with Crippen LogP contribution in [0.2, 0.25) is 0 Å². The number of ketones is 1. The lowest BCUT2D eigenvalue weighted by molar-refractivity contribution is -0.136. The minimum Gasteiger partial charge on any atom is -0.302 e. The molecular weight excluding hydrogens is 356 g/mol. The molecule has 152 valence electrons. The largest absolute Gasteiger partial charge is 0.302 e. The van der Waals surface area contributed by atoms with Crippen molar-refractivity contribution in [1.82, 2.24) is 9.55 Å². The fourth-order valence-corrected chi connectivity index (χ4v) is 8.11. The Balaban J connectivity index is 1.34. The van der Waals surface area contributed by atoms with Crippen LogP contribution in [0.4, 0.5) is 0 Å². The summed E-state index contributed by atoms with van der Waals surface area (Å²) in [6.07, 6.45) is 13.8. The Morgan fingerprint density at radius 2 is 1.93 bits per heavy atom. The molecule has 3 nitrogen and oxygen atoms in total. The molecule has 0 radical (unpaired) electrons. The number of hydrogen-bond acceptors (Lipinski definition) is 2. The van der Waals surface area contributed by atoms with E-state index >= 15 is 0 Å². The molecule has 1 aromatic heterocycles. The molecule has 0 N–H and O–H groups in total. The van der Waals surface area contributed by atoms with Crippen LogP contribution < -0.4 is 0 Å². The summed E-state index contributed by atoms with van der Waals surface area (Å²) >= 11 is 0. The molecule has 0 spiro atoms. The molecule has 0 aliphatic heterocycles. The molecule has 1 heterocycles. The summed E-state index contributed by atoms with van der Waals surface area (Å²) in [4.78, 5) is 16.8. The van der Waals surface area contributed by atoms with Gasteiger partial charge in [-0.3, -0.25) is 4.79 Å². The molecule has 3 saturated carbocycles. The van der Waals surface area contributed by atoms with Gasteiger partial charge in [-0.15, -0.1) is 0 Å². The molecule has 6 rings (SSSR count). The Kier molecular flexibility index (Phi) is 3.74. The van der Waals surface area contributed by atoms with Gasteiger partial charge in [0.1, 0.15) is 12.1 Å². The predicted octanol–water partition coefficient (Wildman–Crippen LogP) is 6.10. The van der Waals surface area contributed by atoms with Crippen molar-refractivity contribution in [2.45, 2.75) is 65.2 Å². The average Bonchev–Trinajstić information content (AvgIpc) is 3.29. The van der Waals surface area contributed by atoms with Crippen LogP contribution in [-0.4, -0.2) is 15.3 Å². The van der Waals surface area contributed by atoms with Crippen molar-refractivity contribution < 1.29 is 4.79 Å². The first-order chi connectivity index (χ1) is 14.0. The van der Waals surface area contributed by atoms with E-state index in [1.165, 1.54) is 43.3 Å². The molecule has 6 atom stereocenters. The van der Waals surface area contributed by atoms with E-state index in [2.05, 4.69) is 53.7 Å². The van der Waals surface area contributed by atoms with Gasteiger partial charge in [0.15, 0.2) is 0 Å². The van der Waals surface area contributed by atoms with Crippen LogP contribution in [-0.2, 0) is 4.79 Å². The number of allylic oxidation sites excluding steroid dienone is 2. The minimum absolute atomic E-state index is 0.248. The zero-order valence-electron chi connectivity index (χ0n) is 17.7. The quantitative estimate of drug-likeness (QED) is 0.592. The minimum atomic E-state index is 0.248. The Bertz CT molecular complexity index is 1020. The van der Waals surface area contributed by atoms with Crippen LogP contribution in [0.25, 0.3) is 16.7 Å². The van der Waals surface area contributed by atoms with Gasteiger partial charge < -0.3 is 4.57 Å². The fraction of sp³-hybridized carbons (Fsp3) is 0.615. The molecule has 0 saturated heterocycles. The summed E-state index contributed by atoms with van der Waals surface area (Å²) in [5, 5.41) is 0. The second-order valence-electron chi connectivity index (χ2n) is 10.8. The molecule has 4 aliphatic rings. The second-order valence-corrected chi connectivity index (χ2v) is 10.8. The van der Waals surface area contributed by atoms with E-state index in [4.69, 9.17) is 0 Å². The number of carbonyl (C=O) groups excluding carboxylic acids is 1. The van der Waals surface area contributed by atoms with Crippen molar-refractivity contribution in [2.75, 3.05) is 0 Å². The van der Waals surface area contributed by atoms with Gasteiger partial charge in [-0.1, -0.05) is 32.1 Å². The van der Waals surface area contributed by atoms with Gasteiger partial charge >= 0.3 is 0 Å². The Morgan fingerprint density at radius 3 is 2.83 bits per heavy atom. The number of carbonyl (C=O) groups is 1. The van der Waals surface area contributed by atoms with Gasteiger partial charge in [0.2, 0.25) is 0 Å². The van der Waals surface area contributed by atoms with Crippen molar-refractivity contribution in [3.05, 3.63) is 36.7 Å². The molecule has 3 unspecified atom stereocenters. The molecule has 0 bridgehead atoms. The number of imidazole rings is 1. The van der Waals surface area contributed by atoms with Gasteiger partial charge in [0, 0.05) is 24.0 Å². The predicted molar refractivity (Wildman–Crippen MR) is 116 cm³/mol. The lowest BCUT2D eigenvalue weighted by Crippen LogP contribution is -2.53. The van der Waals surface area contributed by atoms with E-state index in [1.807, 2.05) is 6.33 Å². The fourth-order valence-electron chi connectivity index (χ4n) is 8.11. The molecule has 2 aromatic rings. The van der Waals surface area contributed by atoms with E-state index in [1.54, 1.807) is 0 Å². The highest BCUT2D eigenvalue weighted by molar-refractivity contribution is 5.80. The number of benzene rings is 1. The number of para-hydroxylation sites is 2. The topological polar surface area (TPSA) is 34.9 Å². The maximum absolute atomic E-state index is 12.1. The Labute approximate surface area is 173 Å². The normalized spacial score (nSPS) is 41.6. The van der Waals surface area contributed by atoms with Crippen LogP contribution in [0.5, 0.6) is 0 Å². The summed E-state index contributed by atoms with van der Waals surface area (Å²) in [6, 6.07) is 8.52. The third-order valence-electron chi connectivity index (χ3n) is 9.73. The van der Waals surface area contributed by atoms with Crippen LogP contribution in [0.15, 0.2) is 36.7 Å². The highest BCUT2D eigenvalue weighted by Gasteiger charge is 2.58. The van der Waals surface area contributed by atoms with Gasteiger partial charge in [-0.2, -0.15) is 0 Å². The summed E-state index contributed by atoms with van der Waals surface area (Å²) in [5.74, 6) is 3.52. The number of fused-ring (bicyclic) bond motifs is 6. The average molecular weight is 389 g/mol. The van der Waals surface area contributed by atoms with Crippen LogP contribution >= 0.6 is 0 Å². The number of nitrogens with zero attached hydrogens (tertiary/aromatic N) is 2. The van der Waals surface area contributed by atoms with Crippen LogP contribution in [0, 0.1) is 34.5 Å². The van der Waals surface area contributed by atoms with E-state index in [9.17, 15) is 4.79 Å². The zero-order valence-corrected chi connectivity index (χ0v) is 17.7. The van der Waals surface area contributed by atoms with Crippen LogP contribution in [0.1, 0.15) is 65.2 Å². The van der Waals surface area contributed by atoms with Crippen molar-refractivity contribution in [3.63, 3.8) is 0 Å². The smallest absolute Gasteiger partial charge is 0.133 e. The summed E-state index contributed by atoms with van der Waals surface area (Å²) < 4.78 is 2.38. The SMILES string of the molecule is C[C@]12CCC3C(CC[C@@H]4CC(=O)CC[C@]34C)C1CC=C2n1cnc2ccccc21. The van der Waals surface area contributed by atoms with Gasteiger partial charge in [0.25, 0.3) is 0 Å². The molecule has 3 heteroatoms. The molecular formula is C26H32N2O. The zero-order chi connectivity index (χ0) is 19.8. The molecule has 0 amide bonds. The van der Waals surface area contributed by atoms with Gasteiger partial charge in [-0.25, -0.2) is 4.98 Å². The van der Waals surface area contributed by atoms with Crippen molar-refractivity contribution >= 4 is 22.5 Å². The van der Waals surface area contributed by atoms with E-state index in [-0.39, 0.29) is 5.41 Å². The third kappa shape index (κ3) is 2.36. The van der Waals surface area contributed by atoms with Crippen molar-refractivity contribution in [2.24, 2.45) is 34.5 Å². The first kappa shape index (κ1) is 17.9. The highest BCUT2D eigenvalue weighted by atomic mass is 16.1. The maximum Gasteiger partial charge on any atom is 0.133 e. The molecule has 29 heavy (non-hydrogen) atoms. The van der Waals surface area contributed by atoms with E-state index in [0.29, 0.717) is 17.1 Å². The third-order valence-corrected chi connectivity index (χ3v) is 9.73. The maximum atomic E-state index is 12.1. The first-order valence-corrected chi connectivity index (χ1v) is 11.7. The Hall–Kier alpha value is -1.90. The lowest BCUT2D eigenvalue weighted by Gasteiger charge is -2.60. The number of Topliss-reactive ketones (excluding diaryl/α,β-unsaturated/α-hetero) is 1.